The van der Waals surface area contributed by atoms with Crippen molar-refractivity contribution in [1.82, 2.24) is 0 Å². The third kappa shape index (κ3) is 3.89. The Kier molecular flexibility index (Phi) is 4.98. The Balaban J connectivity index is 1.86. The van der Waals surface area contributed by atoms with E-state index >= 15 is 0 Å². The summed E-state index contributed by atoms with van der Waals surface area (Å²) >= 11 is 0. The first-order valence-electron chi connectivity index (χ1n) is 7.67. The molecule has 1 aliphatic heterocycles. The molecule has 2 aromatic rings. The number of carboxylic acids is 1. The van der Waals surface area contributed by atoms with Crippen LogP contribution in [0.2, 0.25) is 0 Å². The van der Waals surface area contributed by atoms with Crippen LogP contribution in [0.1, 0.15) is 11.1 Å². The number of rotatable bonds is 6. The molecule has 2 aromatic carbocycles. The number of nitrogens with zero attached hydrogens (tertiary/aromatic N) is 1. The number of hydrogen-bond acceptors (Lipinski definition) is 6. The monoisotopic (exact) mass is 353 g/mol. The van der Waals surface area contributed by atoms with Crippen molar-refractivity contribution in [1.29, 1.82) is 0 Å². The number of carbonyl (C=O) groups is 2. The van der Waals surface area contributed by atoms with Gasteiger partial charge in [-0.1, -0.05) is 24.3 Å². The fraction of sp³-hybridized carbons (Fsp3) is 0.105. The average Bonchev–Trinajstić information content (AvgIpc) is 3.01. The molecule has 0 spiro atoms. The van der Waals surface area contributed by atoms with Crippen molar-refractivity contribution in [2.24, 2.45) is 4.99 Å². The number of hydrogen-bond donors (Lipinski definition) is 1. The Labute approximate surface area is 149 Å². The molecule has 0 bridgehead atoms. The highest BCUT2D eigenvalue weighted by atomic mass is 16.6. The van der Waals surface area contributed by atoms with Gasteiger partial charge in [-0.05, 0) is 35.9 Å². The Bertz CT molecular complexity index is 902. The molecule has 0 saturated heterocycles. The zero-order valence-electron chi connectivity index (χ0n) is 13.8. The van der Waals surface area contributed by atoms with E-state index in [-0.39, 0.29) is 11.6 Å². The maximum Gasteiger partial charge on any atom is 0.363 e. The minimum absolute atomic E-state index is 0.158. The van der Waals surface area contributed by atoms with Gasteiger partial charge in [0.1, 0.15) is 0 Å². The highest BCUT2D eigenvalue weighted by Crippen LogP contribution is 2.29. The van der Waals surface area contributed by atoms with Gasteiger partial charge < -0.3 is 19.3 Å². The lowest BCUT2D eigenvalue weighted by molar-refractivity contribution is -0.139. The summed E-state index contributed by atoms with van der Waals surface area (Å²) in [6.45, 7) is -0.478. The smallest absolute Gasteiger partial charge is 0.363 e. The number of esters is 1. The Morgan fingerprint density at radius 1 is 1.19 bits per heavy atom. The number of cyclic esters (lactones) is 1. The Hall–Kier alpha value is -3.61. The van der Waals surface area contributed by atoms with Crippen LogP contribution in [0.25, 0.3) is 6.08 Å². The number of aliphatic carboxylic acids is 1. The molecule has 132 valence electrons. The maximum absolute atomic E-state index is 12.0. The van der Waals surface area contributed by atoms with Crippen LogP contribution >= 0.6 is 0 Å². The lowest BCUT2D eigenvalue weighted by atomic mass is 10.1. The van der Waals surface area contributed by atoms with Crippen LogP contribution in [0.5, 0.6) is 11.5 Å². The fourth-order valence-corrected chi connectivity index (χ4v) is 2.30. The summed E-state index contributed by atoms with van der Waals surface area (Å²) in [6.07, 6.45) is 1.56. The zero-order chi connectivity index (χ0) is 18.5. The van der Waals surface area contributed by atoms with Crippen molar-refractivity contribution in [2.45, 2.75) is 0 Å². The molecule has 1 N–H and O–H groups in total. The minimum Gasteiger partial charge on any atom is -0.493 e. The van der Waals surface area contributed by atoms with Crippen LogP contribution in [0.3, 0.4) is 0 Å². The molecule has 3 rings (SSSR count). The van der Waals surface area contributed by atoms with E-state index in [9.17, 15) is 9.59 Å². The zero-order valence-corrected chi connectivity index (χ0v) is 13.8. The van der Waals surface area contributed by atoms with E-state index in [2.05, 4.69) is 4.99 Å². The molecular weight excluding hydrogens is 338 g/mol. The van der Waals surface area contributed by atoms with Gasteiger partial charge in [-0.3, -0.25) is 0 Å². The lowest BCUT2D eigenvalue weighted by Crippen LogP contribution is -2.10. The second-order valence-electron chi connectivity index (χ2n) is 5.29. The van der Waals surface area contributed by atoms with Gasteiger partial charge in [0.05, 0.1) is 7.11 Å². The van der Waals surface area contributed by atoms with Crippen molar-refractivity contribution >= 4 is 23.9 Å². The molecule has 1 heterocycles. The summed E-state index contributed by atoms with van der Waals surface area (Å²) in [5, 5.41) is 8.69. The van der Waals surface area contributed by atoms with E-state index in [0.717, 1.165) is 0 Å². The van der Waals surface area contributed by atoms with Crippen molar-refractivity contribution in [3.63, 3.8) is 0 Å². The summed E-state index contributed by atoms with van der Waals surface area (Å²) in [4.78, 5) is 26.9. The molecule has 0 aliphatic carbocycles. The molecule has 26 heavy (non-hydrogen) atoms. The van der Waals surface area contributed by atoms with Crippen molar-refractivity contribution in [2.75, 3.05) is 13.7 Å². The van der Waals surface area contributed by atoms with Crippen LogP contribution in [0.4, 0.5) is 0 Å². The van der Waals surface area contributed by atoms with E-state index in [1.165, 1.54) is 7.11 Å². The SMILES string of the molecule is COc1cc(/C=C2\N=C(c3ccccc3)OC2=O)ccc1OCC(=O)O. The third-order valence-electron chi connectivity index (χ3n) is 3.48. The molecule has 0 radical (unpaired) electrons. The van der Waals surface area contributed by atoms with Gasteiger partial charge in [-0.25, -0.2) is 14.6 Å². The number of methoxy groups -OCH3 is 1. The van der Waals surface area contributed by atoms with Crippen molar-refractivity contribution in [3.05, 3.63) is 65.4 Å². The first-order valence-corrected chi connectivity index (χ1v) is 7.67. The predicted molar refractivity (Wildman–Crippen MR) is 93.2 cm³/mol. The molecule has 0 aromatic heterocycles. The number of carboxylic acid groups (broad SMARTS) is 1. The van der Waals surface area contributed by atoms with Crippen LogP contribution < -0.4 is 9.47 Å². The Morgan fingerprint density at radius 3 is 2.65 bits per heavy atom. The van der Waals surface area contributed by atoms with Gasteiger partial charge in [0, 0.05) is 5.56 Å². The molecule has 0 saturated carbocycles. The molecule has 1 aliphatic rings. The minimum atomic E-state index is -1.09. The van der Waals surface area contributed by atoms with Gasteiger partial charge in [0.2, 0.25) is 5.90 Å². The highest BCUT2D eigenvalue weighted by molar-refractivity contribution is 6.12. The number of carbonyl (C=O) groups excluding carboxylic acids is 1. The fourth-order valence-electron chi connectivity index (χ4n) is 2.30. The van der Waals surface area contributed by atoms with Gasteiger partial charge in [0.25, 0.3) is 0 Å². The van der Waals surface area contributed by atoms with Crippen LogP contribution in [0.15, 0.2) is 59.2 Å². The maximum atomic E-state index is 12.0. The van der Waals surface area contributed by atoms with Gasteiger partial charge in [0.15, 0.2) is 23.8 Å². The predicted octanol–water partition coefficient (Wildman–Crippen LogP) is 2.50. The first-order chi connectivity index (χ1) is 12.6. The standard InChI is InChI=1S/C19H15NO6/c1-24-16-10-12(7-8-15(16)25-11-17(21)22)9-14-19(23)26-18(20-14)13-5-3-2-4-6-13/h2-10H,11H2,1H3,(H,21,22)/b14-9-. The molecule has 0 atom stereocenters. The lowest BCUT2D eigenvalue weighted by Gasteiger charge is -2.09. The van der Waals surface area contributed by atoms with E-state index in [0.29, 0.717) is 22.6 Å². The van der Waals surface area contributed by atoms with Crippen molar-refractivity contribution in [3.8, 4) is 11.5 Å². The second-order valence-corrected chi connectivity index (χ2v) is 5.29. The van der Waals surface area contributed by atoms with Crippen LogP contribution in [-0.2, 0) is 14.3 Å². The molecule has 0 amide bonds. The van der Waals surface area contributed by atoms with Crippen molar-refractivity contribution < 1.29 is 28.9 Å². The van der Waals surface area contributed by atoms with Gasteiger partial charge >= 0.3 is 11.9 Å². The molecule has 7 heteroatoms. The quantitative estimate of drug-likeness (QED) is 0.633. The van der Waals surface area contributed by atoms with Gasteiger partial charge in [-0.2, -0.15) is 0 Å². The summed E-state index contributed by atoms with van der Waals surface area (Å²) < 4.78 is 15.5. The summed E-state index contributed by atoms with van der Waals surface area (Å²) in [5.74, 6) is -0.752. The number of aliphatic imine (C=N–C) groups is 1. The number of ether oxygens (including phenoxy) is 3. The molecule has 0 unspecified atom stereocenters. The number of benzene rings is 2. The van der Waals surface area contributed by atoms with E-state index in [1.807, 2.05) is 18.2 Å². The van der Waals surface area contributed by atoms with Gasteiger partial charge in [-0.15, -0.1) is 0 Å². The van der Waals surface area contributed by atoms with E-state index in [4.69, 9.17) is 19.3 Å². The second kappa shape index (κ2) is 7.52. The summed E-state index contributed by atoms with van der Waals surface area (Å²) in [5.41, 5.74) is 1.50. The molecule has 0 fully saturated rings. The molecule has 7 nitrogen and oxygen atoms in total. The summed E-state index contributed by atoms with van der Waals surface area (Å²) in [7, 11) is 1.44. The van der Waals surface area contributed by atoms with E-state index in [1.54, 1.807) is 36.4 Å². The normalized spacial score (nSPS) is 14.7. The Morgan fingerprint density at radius 2 is 1.96 bits per heavy atom. The third-order valence-corrected chi connectivity index (χ3v) is 3.48. The first kappa shape index (κ1) is 17.2. The molecular formula is C19H15NO6. The van der Waals surface area contributed by atoms with Crippen LogP contribution in [-0.4, -0.2) is 36.7 Å². The average molecular weight is 353 g/mol. The van der Waals surface area contributed by atoms with Crippen LogP contribution in [0, 0.1) is 0 Å². The topological polar surface area (TPSA) is 94.4 Å². The summed E-state index contributed by atoms with van der Waals surface area (Å²) in [6, 6.07) is 14.0. The highest BCUT2D eigenvalue weighted by Gasteiger charge is 2.24. The van der Waals surface area contributed by atoms with E-state index < -0.39 is 18.5 Å². The largest absolute Gasteiger partial charge is 0.493 e.